The molecule has 0 spiro atoms. The van der Waals surface area contributed by atoms with Gasteiger partial charge < -0.3 is 15.4 Å². The second-order valence-electron chi connectivity index (χ2n) is 4.16. The highest BCUT2D eigenvalue weighted by Crippen LogP contribution is 2.15. The van der Waals surface area contributed by atoms with Crippen molar-refractivity contribution in [1.29, 1.82) is 0 Å². The van der Waals surface area contributed by atoms with Gasteiger partial charge in [-0.15, -0.1) is 0 Å². The van der Waals surface area contributed by atoms with E-state index in [9.17, 15) is 4.79 Å². The van der Waals surface area contributed by atoms with E-state index in [1.807, 2.05) is 13.0 Å². The van der Waals surface area contributed by atoms with Crippen molar-refractivity contribution >= 4 is 11.6 Å². The van der Waals surface area contributed by atoms with Crippen molar-refractivity contribution in [3.05, 3.63) is 23.5 Å². The Balaban J connectivity index is 2.12. The van der Waals surface area contributed by atoms with E-state index in [1.54, 1.807) is 13.2 Å². The summed E-state index contributed by atoms with van der Waals surface area (Å²) in [5, 5.41) is 5.96. The van der Waals surface area contributed by atoms with Gasteiger partial charge in [-0.05, 0) is 19.4 Å². The molecule has 1 amide bonds. The molecule has 92 valence electrons. The molecule has 0 saturated carbocycles. The van der Waals surface area contributed by atoms with Crippen LogP contribution in [0.5, 0.6) is 0 Å². The molecule has 2 N–H and O–H groups in total. The van der Waals surface area contributed by atoms with Gasteiger partial charge in [-0.2, -0.15) is 0 Å². The van der Waals surface area contributed by atoms with Gasteiger partial charge in [0.2, 0.25) is 0 Å². The second-order valence-corrected chi connectivity index (χ2v) is 4.16. The van der Waals surface area contributed by atoms with Crippen molar-refractivity contribution in [1.82, 2.24) is 10.3 Å². The average molecular weight is 235 g/mol. The molecule has 1 unspecified atom stereocenters. The SMILES string of the molecule is CNc1cc(C)ncc1C(=O)NC1CCOC1. The minimum absolute atomic E-state index is 0.0997. The van der Waals surface area contributed by atoms with Crippen molar-refractivity contribution in [3.8, 4) is 0 Å². The van der Waals surface area contributed by atoms with Crippen LogP contribution in [0.25, 0.3) is 0 Å². The second kappa shape index (κ2) is 5.14. The molecule has 5 heteroatoms. The number of carbonyl (C=O) groups is 1. The summed E-state index contributed by atoms with van der Waals surface area (Å²) >= 11 is 0. The first-order valence-corrected chi connectivity index (χ1v) is 5.73. The molecule has 1 fully saturated rings. The Kier molecular flexibility index (Phi) is 3.58. The van der Waals surface area contributed by atoms with E-state index in [4.69, 9.17) is 4.74 Å². The van der Waals surface area contributed by atoms with E-state index in [2.05, 4.69) is 15.6 Å². The summed E-state index contributed by atoms with van der Waals surface area (Å²) in [6, 6.07) is 1.98. The fourth-order valence-electron chi connectivity index (χ4n) is 1.86. The quantitative estimate of drug-likeness (QED) is 0.818. The Morgan fingerprint density at radius 2 is 2.41 bits per heavy atom. The Hall–Kier alpha value is -1.62. The molecule has 1 aliphatic heterocycles. The van der Waals surface area contributed by atoms with Crippen molar-refractivity contribution < 1.29 is 9.53 Å². The van der Waals surface area contributed by atoms with E-state index >= 15 is 0 Å². The largest absolute Gasteiger partial charge is 0.387 e. The van der Waals surface area contributed by atoms with Crippen LogP contribution in [-0.2, 0) is 4.74 Å². The average Bonchev–Trinajstić information content (AvgIpc) is 2.81. The minimum Gasteiger partial charge on any atom is -0.387 e. The van der Waals surface area contributed by atoms with Gasteiger partial charge in [-0.3, -0.25) is 9.78 Å². The summed E-state index contributed by atoms with van der Waals surface area (Å²) < 4.78 is 5.22. The molecule has 1 aromatic heterocycles. The van der Waals surface area contributed by atoms with Crippen molar-refractivity contribution in [2.24, 2.45) is 0 Å². The highest BCUT2D eigenvalue weighted by atomic mass is 16.5. The molecule has 1 atom stereocenters. The highest BCUT2D eigenvalue weighted by molar-refractivity contribution is 5.99. The van der Waals surface area contributed by atoms with Gasteiger partial charge in [-0.25, -0.2) is 0 Å². The zero-order valence-corrected chi connectivity index (χ0v) is 10.1. The fraction of sp³-hybridized carbons (Fsp3) is 0.500. The van der Waals surface area contributed by atoms with Crippen molar-refractivity contribution in [3.63, 3.8) is 0 Å². The number of ether oxygens (including phenoxy) is 1. The summed E-state index contributed by atoms with van der Waals surface area (Å²) in [6.45, 7) is 3.21. The van der Waals surface area contributed by atoms with Gasteiger partial charge in [0.1, 0.15) is 0 Å². The third-order valence-corrected chi connectivity index (χ3v) is 2.82. The lowest BCUT2D eigenvalue weighted by Crippen LogP contribution is -2.35. The molecule has 1 saturated heterocycles. The van der Waals surface area contributed by atoms with Gasteiger partial charge in [0.25, 0.3) is 5.91 Å². The van der Waals surface area contributed by atoms with Crippen LogP contribution >= 0.6 is 0 Å². The summed E-state index contributed by atoms with van der Waals surface area (Å²) in [6.07, 6.45) is 2.48. The molecule has 2 heterocycles. The molecule has 0 bridgehead atoms. The van der Waals surface area contributed by atoms with Crippen LogP contribution in [0.2, 0.25) is 0 Å². The number of nitrogens with one attached hydrogen (secondary N) is 2. The van der Waals surface area contributed by atoms with Crippen LogP contribution in [0, 0.1) is 6.92 Å². The number of nitrogens with zero attached hydrogens (tertiary/aromatic N) is 1. The monoisotopic (exact) mass is 235 g/mol. The lowest BCUT2D eigenvalue weighted by Gasteiger charge is -2.13. The lowest BCUT2D eigenvalue weighted by atomic mass is 10.1. The summed E-state index contributed by atoms with van der Waals surface area (Å²) in [7, 11) is 1.80. The zero-order valence-electron chi connectivity index (χ0n) is 10.1. The molecule has 0 aromatic carbocycles. The van der Waals surface area contributed by atoms with E-state index in [0.717, 1.165) is 24.4 Å². The molecule has 1 aliphatic rings. The Labute approximate surface area is 101 Å². The first kappa shape index (κ1) is 11.9. The lowest BCUT2D eigenvalue weighted by molar-refractivity contribution is 0.0930. The van der Waals surface area contributed by atoms with Crippen LogP contribution < -0.4 is 10.6 Å². The Morgan fingerprint density at radius 3 is 3.06 bits per heavy atom. The molecule has 5 nitrogen and oxygen atoms in total. The Bertz CT molecular complexity index is 414. The number of pyridine rings is 1. The van der Waals surface area contributed by atoms with E-state index in [-0.39, 0.29) is 11.9 Å². The predicted octanol–water partition coefficient (Wildman–Crippen LogP) is 0.950. The maximum atomic E-state index is 12.0. The zero-order chi connectivity index (χ0) is 12.3. The minimum atomic E-state index is -0.0997. The normalized spacial score (nSPS) is 19.1. The molecule has 0 aliphatic carbocycles. The maximum absolute atomic E-state index is 12.0. The first-order valence-electron chi connectivity index (χ1n) is 5.73. The third-order valence-electron chi connectivity index (χ3n) is 2.82. The van der Waals surface area contributed by atoms with Gasteiger partial charge in [0, 0.05) is 25.5 Å². The number of amides is 1. The number of carbonyl (C=O) groups excluding carboxylic acids is 1. The molecule has 0 radical (unpaired) electrons. The molecule has 2 rings (SSSR count). The van der Waals surface area contributed by atoms with Crippen LogP contribution in [0.4, 0.5) is 5.69 Å². The molecular weight excluding hydrogens is 218 g/mol. The van der Waals surface area contributed by atoms with Crippen LogP contribution in [0.15, 0.2) is 12.3 Å². The van der Waals surface area contributed by atoms with E-state index in [0.29, 0.717) is 12.2 Å². The standard InChI is InChI=1S/C12H17N3O2/c1-8-5-11(13-2)10(6-14-8)12(16)15-9-3-4-17-7-9/h5-6,9H,3-4,7H2,1-2H3,(H,13,14)(H,15,16). The number of hydrogen-bond donors (Lipinski definition) is 2. The van der Waals surface area contributed by atoms with E-state index < -0.39 is 0 Å². The fourth-order valence-corrected chi connectivity index (χ4v) is 1.86. The topological polar surface area (TPSA) is 63.2 Å². The maximum Gasteiger partial charge on any atom is 0.255 e. The van der Waals surface area contributed by atoms with Crippen LogP contribution in [0.1, 0.15) is 22.5 Å². The van der Waals surface area contributed by atoms with Crippen molar-refractivity contribution in [2.75, 3.05) is 25.6 Å². The van der Waals surface area contributed by atoms with Gasteiger partial charge in [0.15, 0.2) is 0 Å². The first-order chi connectivity index (χ1) is 8.20. The van der Waals surface area contributed by atoms with Gasteiger partial charge >= 0.3 is 0 Å². The van der Waals surface area contributed by atoms with Crippen molar-refractivity contribution in [2.45, 2.75) is 19.4 Å². The number of hydrogen-bond acceptors (Lipinski definition) is 4. The summed E-state index contributed by atoms with van der Waals surface area (Å²) in [5.74, 6) is -0.0997. The van der Waals surface area contributed by atoms with Gasteiger partial charge in [-0.1, -0.05) is 0 Å². The van der Waals surface area contributed by atoms with E-state index in [1.165, 1.54) is 0 Å². The van der Waals surface area contributed by atoms with Gasteiger partial charge in [0.05, 0.1) is 23.9 Å². The van der Waals surface area contributed by atoms with Crippen LogP contribution in [-0.4, -0.2) is 37.2 Å². The highest BCUT2D eigenvalue weighted by Gasteiger charge is 2.20. The molecular formula is C12H17N3O2. The van der Waals surface area contributed by atoms with Crippen LogP contribution in [0.3, 0.4) is 0 Å². The summed E-state index contributed by atoms with van der Waals surface area (Å²) in [4.78, 5) is 16.2. The number of aryl methyl sites for hydroxylation is 1. The summed E-state index contributed by atoms with van der Waals surface area (Å²) in [5.41, 5.74) is 2.26. The molecule has 1 aromatic rings. The third kappa shape index (κ3) is 2.74. The number of anilines is 1. The number of aromatic nitrogens is 1. The number of rotatable bonds is 3. The Morgan fingerprint density at radius 1 is 1.59 bits per heavy atom. The predicted molar refractivity (Wildman–Crippen MR) is 65.2 cm³/mol. The molecule has 17 heavy (non-hydrogen) atoms. The smallest absolute Gasteiger partial charge is 0.255 e.